The second kappa shape index (κ2) is 6.57. The number of morpholine rings is 1. The highest BCUT2D eigenvalue weighted by atomic mass is 35.5. The van der Waals surface area contributed by atoms with Gasteiger partial charge >= 0.3 is 0 Å². The predicted octanol–water partition coefficient (Wildman–Crippen LogP) is 2.13. The summed E-state index contributed by atoms with van der Waals surface area (Å²) in [6, 6.07) is 9.51. The molecule has 1 aromatic carbocycles. The van der Waals surface area contributed by atoms with Gasteiger partial charge in [-0.2, -0.15) is 0 Å². The van der Waals surface area contributed by atoms with Gasteiger partial charge in [-0.1, -0.05) is 30.3 Å². The molecule has 0 radical (unpaired) electrons. The number of rotatable bonds is 2. The molecule has 1 amide bonds. The molecule has 112 valence electrons. The fraction of sp³-hybridized carbons (Fsp3) is 0.533. The van der Waals surface area contributed by atoms with Crippen LogP contribution in [0.1, 0.15) is 32.4 Å². The Kier molecular flexibility index (Phi) is 5.57. The molecule has 4 nitrogen and oxygen atoms in total. The molecular weight excluding hydrogens is 276 g/mol. The number of nitrogens with two attached hydrogens (primary N) is 1. The minimum atomic E-state index is -0.478. The number of nitrogens with zero attached hydrogens (tertiary/aromatic N) is 1. The molecule has 2 atom stereocenters. The third kappa shape index (κ3) is 3.51. The van der Waals surface area contributed by atoms with Gasteiger partial charge in [0.05, 0.1) is 24.7 Å². The fourth-order valence-corrected chi connectivity index (χ4v) is 2.35. The topological polar surface area (TPSA) is 55.6 Å². The van der Waals surface area contributed by atoms with Gasteiger partial charge in [-0.3, -0.25) is 4.79 Å². The molecule has 0 aromatic heterocycles. The van der Waals surface area contributed by atoms with E-state index in [4.69, 9.17) is 10.5 Å². The van der Waals surface area contributed by atoms with Gasteiger partial charge < -0.3 is 15.4 Å². The van der Waals surface area contributed by atoms with E-state index in [2.05, 4.69) is 0 Å². The number of hydrogen-bond donors (Lipinski definition) is 1. The van der Waals surface area contributed by atoms with E-state index in [-0.39, 0.29) is 30.0 Å². The highest BCUT2D eigenvalue weighted by Crippen LogP contribution is 2.30. The van der Waals surface area contributed by atoms with Gasteiger partial charge in [-0.15, -0.1) is 12.4 Å². The van der Waals surface area contributed by atoms with Crippen molar-refractivity contribution in [1.82, 2.24) is 4.90 Å². The van der Waals surface area contributed by atoms with Crippen LogP contribution in [0, 0.1) is 0 Å². The Labute approximate surface area is 126 Å². The van der Waals surface area contributed by atoms with Crippen molar-refractivity contribution in [2.24, 2.45) is 5.73 Å². The standard InChI is InChI=1S/C15H22N2O2.ClH/c1-11(16)14(18)17-9-13(19-10-15(17,2)3)12-7-5-4-6-8-12;/h4-8,11,13H,9-10,16H2,1-3H3;1H/t11-,13?;/m0./s1. The van der Waals surface area contributed by atoms with E-state index in [9.17, 15) is 4.79 Å². The van der Waals surface area contributed by atoms with Crippen molar-refractivity contribution < 1.29 is 9.53 Å². The van der Waals surface area contributed by atoms with Crippen LogP contribution in [0.15, 0.2) is 30.3 Å². The molecule has 5 heteroatoms. The maximum Gasteiger partial charge on any atom is 0.239 e. The van der Waals surface area contributed by atoms with Crippen LogP contribution in [0.3, 0.4) is 0 Å². The minimum absolute atomic E-state index is 0. The number of carbonyl (C=O) groups is 1. The lowest BCUT2D eigenvalue weighted by atomic mass is 9.97. The van der Waals surface area contributed by atoms with Gasteiger partial charge in [0.25, 0.3) is 0 Å². The predicted molar refractivity (Wildman–Crippen MR) is 81.8 cm³/mol. The molecule has 20 heavy (non-hydrogen) atoms. The fourth-order valence-electron chi connectivity index (χ4n) is 2.35. The first-order chi connectivity index (χ1) is 8.92. The first kappa shape index (κ1) is 17.0. The van der Waals surface area contributed by atoms with Crippen LogP contribution in [0.25, 0.3) is 0 Å². The Bertz CT molecular complexity index is 448. The molecule has 1 fully saturated rings. The number of hydrogen-bond acceptors (Lipinski definition) is 3. The summed E-state index contributed by atoms with van der Waals surface area (Å²) in [5.41, 5.74) is 6.53. The van der Waals surface area contributed by atoms with E-state index < -0.39 is 6.04 Å². The maximum atomic E-state index is 12.2. The maximum absolute atomic E-state index is 12.2. The zero-order valence-corrected chi connectivity index (χ0v) is 13.0. The lowest BCUT2D eigenvalue weighted by molar-refractivity contribution is -0.155. The third-order valence-electron chi connectivity index (χ3n) is 3.54. The molecular formula is C15H23ClN2O2. The first-order valence-corrected chi connectivity index (χ1v) is 6.65. The molecule has 1 heterocycles. The van der Waals surface area contributed by atoms with Crippen LogP contribution in [0.5, 0.6) is 0 Å². The van der Waals surface area contributed by atoms with Crippen LogP contribution >= 0.6 is 12.4 Å². The molecule has 1 aliphatic heterocycles. The van der Waals surface area contributed by atoms with Gasteiger partial charge in [0, 0.05) is 0 Å². The van der Waals surface area contributed by atoms with E-state index in [1.807, 2.05) is 49.1 Å². The molecule has 0 aliphatic carbocycles. The monoisotopic (exact) mass is 298 g/mol. The van der Waals surface area contributed by atoms with E-state index in [1.54, 1.807) is 6.92 Å². The van der Waals surface area contributed by atoms with Gasteiger partial charge in [0.2, 0.25) is 5.91 Å². The number of benzene rings is 1. The lowest BCUT2D eigenvalue weighted by Crippen LogP contribution is -2.59. The minimum Gasteiger partial charge on any atom is -0.369 e. The average molecular weight is 299 g/mol. The van der Waals surface area contributed by atoms with E-state index in [1.165, 1.54) is 0 Å². The first-order valence-electron chi connectivity index (χ1n) is 6.65. The Morgan fingerprint density at radius 1 is 1.40 bits per heavy atom. The van der Waals surface area contributed by atoms with Gasteiger partial charge in [0.15, 0.2) is 0 Å². The van der Waals surface area contributed by atoms with Crippen molar-refractivity contribution >= 4 is 18.3 Å². The summed E-state index contributed by atoms with van der Waals surface area (Å²) in [6.45, 7) is 6.82. The smallest absolute Gasteiger partial charge is 0.239 e. The Morgan fingerprint density at radius 3 is 2.55 bits per heavy atom. The molecule has 2 rings (SSSR count). The zero-order valence-electron chi connectivity index (χ0n) is 12.2. The molecule has 1 saturated heterocycles. The molecule has 1 aliphatic rings. The summed E-state index contributed by atoms with van der Waals surface area (Å²) in [4.78, 5) is 14.1. The van der Waals surface area contributed by atoms with Crippen molar-refractivity contribution in [2.75, 3.05) is 13.2 Å². The van der Waals surface area contributed by atoms with Crippen LogP contribution in [-0.4, -0.2) is 35.5 Å². The second-order valence-corrected chi connectivity index (χ2v) is 5.76. The Balaban J connectivity index is 0.00000200. The van der Waals surface area contributed by atoms with Crippen molar-refractivity contribution in [2.45, 2.75) is 38.5 Å². The number of carbonyl (C=O) groups excluding carboxylic acids is 1. The van der Waals surface area contributed by atoms with Gasteiger partial charge in [-0.05, 0) is 26.3 Å². The van der Waals surface area contributed by atoms with Crippen LogP contribution in [0.2, 0.25) is 0 Å². The average Bonchev–Trinajstić information content (AvgIpc) is 2.38. The summed E-state index contributed by atoms with van der Waals surface area (Å²) < 4.78 is 5.90. The Morgan fingerprint density at radius 2 is 2.00 bits per heavy atom. The molecule has 0 saturated carbocycles. The molecule has 1 unspecified atom stereocenters. The van der Waals surface area contributed by atoms with Crippen molar-refractivity contribution in [1.29, 1.82) is 0 Å². The highest BCUT2D eigenvalue weighted by molar-refractivity contribution is 5.85. The number of amides is 1. The molecule has 0 spiro atoms. The SMILES string of the molecule is C[C@H](N)C(=O)N1CC(c2ccccc2)OCC1(C)C.Cl. The summed E-state index contributed by atoms with van der Waals surface area (Å²) in [7, 11) is 0. The van der Waals surface area contributed by atoms with Crippen molar-refractivity contribution in [3.05, 3.63) is 35.9 Å². The number of ether oxygens (including phenoxy) is 1. The highest BCUT2D eigenvalue weighted by Gasteiger charge is 2.39. The van der Waals surface area contributed by atoms with Crippen molar-refractivity contribution in [3.63, 3.8) is 0 Å². The van der Waals surface area contributed by atoms with Crippen LogP contribution in [-0.2, 0) is 9.53 Å². The quantitative estimate of drug-likeness (QED) is 0.910. The van der Waals surface area contributed by atoms with E-state index in [0.717, 1.165) is 5.56 Å². The molecule has 1 aromatic rings. The van der Waals surface area contributed by atoms with Crippen molar-refractivity contribution in [3.8, 4) is 0 Å². The molecule has 0 bridgehead atoms. The zero-order chi connectivity index (χ0) is 14.0. The van der Waals surface area contributed by atoms with E-state index in [0.29, 0.717) is 13.2 Å². The molecule has 2 N–H and O–H groups in total. The largest absolute Gasteiger partial charge is 0.369 e. The van der Waals surface area contributed by atoms with Crippen LogP contribution in [0.4, 0.5) is 0 Å². The summed E-state index contributed by atoms with van der Waals surface area (Å²) in [5.74, 6) is -0.0192. The van der Waals surface area contributed by atoms with Gasteiger partial charge in [0.1, 0.15) is 6.10 Å². The lowest BCUT2D eigenvalue weighted by Gasteiger charge is -2.46. The summed E-state index contributed by atoms with van der Waals surface area (Å²) >= 11 is 0. The van der Waals surface area contributed by atoms with Crippen LogP contribution < -0.4 is 5.73 Å². The Hall–Kier alpha value is -1.10. The normalized spacial score (nSPS) is 22.8. The third-order valence-corrected chi connectivity index (χ3v) is 3.54. The summed E-state index contributed by atoms with van der Waals surface area (Å²) in [6.07, 6.45) is -0.0723. The second-order valence-electron chi connectivity index (χ2n) is 5.76. The van der Waals surface area contributed by atoms with E-state index >= 15 is 0 Å². The van der Waals surface area contributed by atoms with Gasteiger partial charge in [-0.25, -0.2) is 0 Å². The summed E-state index contributed by atoms with van der Waals surface area (Å²) in [5, 5.41) is 0. The number of halogens is 1.